The SMILES string of the molecule is CC(=O)Nc1ccc(NC(=O)[C@H](C)OC(=O)/C=C/c2ccccc2F)cc1. The molecule has 140 valence electrons. The van der Waals surface area contributed by atoms with Crippen molar-refractivity contribution < 1.29 is 23.5 Å². The average Bonchev–Trinajstić information content (AvgIpc) is 2.62. The van der Waals surface area contributed by atoms with Gasteiger partial charge in [0.15, 0.2) is 6.10 Å². The van der Waals surface area contributed by atoms with E-state index in [4.69, 9.17) is 4.74 Å². The number of hydrogen-bond acceptors (Lipinski definition) is 4. The molecule has 2 rings (SSSR count). The second-order valence-corrected chi connectivity index (χ2v) is 5.68. The standard InChI is InChI=1S/C20H19FN2O4/c1-13(27-19(25)12-7-15-5-3-4-6-18(15)21)20(26)23-17-10-8-16(9-11-17)22-14(2)24/h3-13H,1-2H3,(H,22,24)(H,23,26)/b12-7+/t13-/m0/s1. The maximum atomic E-state index is 13.5. The first-order valence-electron chi connectivity index (χ1n) is 8.17. The van der Waals surface area contributed by atoms with Gasteiger partial charge in [0.2, 0.25) is 5.91 Å². The highest BCUT2D eigenvalue weighted by molar-refractivity contribution is 5.97. The molecule has 0 saturated carbocycles. The van der Waals surface area contributed by atoms with Crippen LogP contribution in [0, 0.1) is 5.82 Å². The van der Waals surface area contributed by atoms with E-state index < -0.39 is 23.8 Å². The van der Waals surface area contributed by atoms with Crippen LogP contribution in [0.15, 0.2) is 54.6 Å². The summed E-state index contributed by atoms with van der Waals surface area (Å²) in [5.74, 6) is -1.94. The summed E-state index contributed by atoms with van der Waals surface area (Å²) in [7, 11) is 0. The number of ether oxygens (including phenoxy) is 1. The lowest BCUT2D eigenvalue weighted by Crippen LogP contribution is -2.29. The summed E-state index contributed by atoms with van der Waals surface area (Å²) in [6.45, 7) is 2.82. The number of benzene rings is 2. The Morgan fingerprint density at radius 3 is 2.19 bits per heavy atom. The molecule has 2 aromatic rings. The quantitative estimate of drug-likeness (QED) is 0.603. The van der Waals surface area contributed by atoms with Crippen LogP contribution in [-0.4, -0.2) is 23.9 Å². The molecule has 6 nitrogen and oxygen atoms in total. The summed E-state index contributed by atoms with van der Waals surface area (Å²) in [6, 6.07) is 12.4. The molecule has 0 spiro atoms. The highest BCUT2D eigenvalue weighted by Crippen LogP contribution is 2.14. The van der Waals surface area contributed by atoms with Crippen molar-refractivity contribution in [2.45, 2.75) is 20.0 Å². The van der Waals surface area contributed by atoms with Crippen molar-refractivity contribution in [3.8, 4) is 0 Å². The number of amides is 2. The van der Waals surface area contributed by atoms with Crippen LogP contribution in [0.2, 0.25) is 0 Å². The van der Waals surface area contributed by atoms with E-state index in [-0.39, 0.29) is 11.5 Å². The third-order valence-corrected chi connectivity index (χ3v) is 3.44. The Morgan fingerprint density at radius 1 is 1.00 bits per heavy atom. The van der Waals surface area contributed by atoms with Gasteiger partial charge < -0.3 is 15.4 Å². The number of nitrogens with one attached hydrogen (secondary N) is 2. The molecule has 0 fully saturated rings. The van der Waals surface area contributed by atoms with Crippen LogP contribution in [0.4, 0.5) is 15.8 Å². The number of carbonyl (C=O) groups excluding carboxylic acids is 3. The molecule has 0 aliphatic heterocycles. The molecule has 2 amide bonds. The molecule has 27 heavy (non-hydrogen) atoms. The van der Waals surface area contributed by atoms with Crippen molar-refractivity contribution in [1.29, 1.82) is 0 Å². The van der Waals surface area contributed by atoms with Gasteiger partial charge in [-0.05, 0) is 43.3 Å². The van der Waals surface area contributed by atoms with E-state index in [1.54, 1.807) is 36.4 Å². The predicted molar refractivity (Wildman–Crippen MR) is 100 cm³/mol. The number of hydrogen-bond donors (Lipinski definition) is 2. The summed E-state index contributed by atoms with van der Waals surface area (Å²) in [5, 5.41) is 5.21. The van der Waals surface area contributed by atoms with Gasteiger partial charge in [-0.2, -0.15) is 0 Å². The van der Waals surface area contributed by atoms with Gasteiger partial charge in [0.1, 0.15) is 5.82 Å². The monoisotopic (exact) mass is 370 g/mol. The van der Waals surface area contributed by atoms with E-state index in [1.165, 1.54) is 32.1 Å². The fraction of sp³-hybridized carbons (Fsp3) is 0.150. The van der Waals surface area contributed by atoms with Gasteiger partial charge in [0.25, 0.3) is 5.91 Å². The summed E-state index contributed by atoms with van der Waals surface area (Å²) in [6.07, 6.45) is 1.30. The summed E-state index contributed by atoms with van der Waals surface area (Å²) >= 11 is 0. The Balaban J connectivity index is 1.88. The van der Waals surface area contributed by atoms with E-state index >= 15 is 0 Å². The van der Waals surface area contributed by atoms with Gasteiger partial charge in [0, 0.05) is 29.9 Å². The molecule has 0 bridgehead atoms. The first-order valence-corrected chi connectivity index (χ1v) is 8.17. The lowest BCUT2D eigenvalue weighted by Gasteiger charge is -2.12. The average molecular weight is 370 g/mol. The second-order valence-electron chi connectivity index (χ2n) is 5.68. The molecule has 0 aliphatic rings. The maximum absolute atomic E-state index is 13.5. The molecular weight excluding hydrogens is 351 g/mol. The normalized spacial score (nSPS) is 11.7. The number of rotatable bonds is 6. The fourth-order valence-electron chi connectivity index (χ4n) is 2.12. The van der Waals surface area contributed by atoms with Gasteiger partial charge in [-0.15, -0.1) is 0 Å². The number of anilines is 2. The lowest BCUT2D eigenvalue weighted by atomic mass is 10.2. The molecule has 0 aromatic heterocycles. The molecule has 7 heteroatoms. The molecule has 2 N–H and O–H groups in total. The number of halogens is 1. The first-order chi connectivity index (χ1) is 12.8. The van der Waals surface area contributed by atoms with Crippen LogP contribution in [0.3, 0.4) is 0 Å². The van der Waals surface area contributed by atoms with Crippen LogP contribution >= 0.6 is 0 Å². The van der Waals surface area contributed by atoms with Gasteiger partial charge >= 0.3 is 5.97 Å². The smallest absolute Gasteiger partial charge is 0.331 e. The zero-order valence-corrected chi connectivity index (χ0v) is 14.9. The van der Waals surface area contributed by atoms with Gasteiger partial charge in [-0.3, -0.25) is 9.59 Å². The summed E-state index contributed by atoms with van der Waals surface area (Å²) in [5.41, 5.74) is 1.32. The Kier molecular flexibility index (Phi) is 6.82. The van der Waals surface area contributed by atoms with Crippen molar-refractivity contribution in [2.24, 2.45) is 0 Å². The van der Waals surface area contributed by atoms with E-state index in [2.05, 4.69) is 10.6 Å². The zero-order valence-electron chi connectivity index (χ0n) is 14.9. The number of esters is 1. The maximum Gasteiger partial charge on any atom is 0.331 e. The molecule has 2 aromatic carbocycles. The largest absolute Gasteiger partial charge is 0.449 e. The lowest BCUT2D eigenvalue weighted by molar-refractivity contribution is -0.148. The Bertz CT molecular complexity index is 863. The van der Waals surface area contributed by atoms with E-state index in [9.17, 15) is 18.8 Å². The number of carbonyl (C=O) groups is 3. The highest BCUT2D eigenvalue weighted by Gasteiger charge is 2.16. The molecule has 1 atom stereocenters. The van der Waals surface area contributed by atoms with Gasteiger partial charge in [-0.1, -0.05) is 18.2 Å². The minimum absolute atomic E-state index is 0.198. The third kappa shape index (κ3) is 6.39. The molecule has 0 aliphatic carbocycles. The fourth-order valence-corrected chi connectivity index (χ4v) is 2.12. The van der Waals surface area contributed by atoms with Crippen LogP contribution in [0.1, 0.15) is 19.4 Å². The first kappa shape index (κ1) is 19.8. The Morgan fingerprint density at radius 2 is 1.59 bits per heavy atom. The zero-order chi connectivity index (χ0) is 19.8. The minimum Gasteiger partial charge on any atom is -0.449 e. The summed E-state index contributed by atoms with van der Waals surface area (Å²) < 4.78 is 18.5. The van der Waals surface area contributed by atoms with E-state index in [1.807, 2.05) is 0 Å². The van der Waals surface area contributed by atoms with Crippen molar-refractivity contribution in [2.75, 3.05) is 10.6 Å². The molecular formula is C20H19FN2O4. The van der Waals surface area contributed by atoms with Crippen molar-refractivity contribution in [1.82, 2.24) is 0 Å². The van der Waals surface area contributed by atoms with Gasteiger partial charge in [0.05, 0.1) is 0 Å². The topological polar surface area (TPSA) is 84.5 Å². The highest BCUT2D eigenvalue weighted by atomic mass is 19.1. The predicted octanol–water partition coefficient (Wildman–Crippen LogP) is 3.37. The van der Waals surface area contributed by atoms with Crippen molar-refractivity contribution in [3.63, 3.8) is 0 Å². The van der Waals surface area contributed by atoms with Crippen LogP contribution in [0.25, 0.3) is 6.08 Å². The van der Waals surface area contributed by atoms with Crippen LogP contribution in [-0.2, 0) is 19.1 Å². The van der Waals surface area contributed by atoms with Crippen LogP contribution < -0.4 is 10.6 Å². The molecule has 0 saturated heterocycles. The Hall–Kier alpha value is -3.48. The molecule has 0 unspecified atom stereocenters. The minimum atomic E-state index is -1.04. The van der Waals surface area contributed by atoms with Crippen molar-refractivity contribution in [3.05, 3.63) is 66.0 Å². The third-order valence-electron chi connectivity index (χ3n) is 3.44. The van der Waals surface area contributed by atoms with Crippen molar-refractivity contribution >= 4 is 35.2 Å². The Labute approximate surface area is 156 Å². The van der Waals surface area contributed by atoms with Gasteiger partial charge in [-0.25, -0.2) is 9.18 Å². The van der Waals surface area contributed by atoms with Crippen LogP contribution in [0.5, 0.6) is 0 Å². The molecule has 0 radical (unpaired) electrons. The summed E-state index contributed by atoms with van der Waals surface area (Å²) in [4.78, 5) is 34.9. The van der Waals surface area contributed by atoms with E-state index in [0.717, 1.165) is 6.08 Å². The van der Waals surface area contributed by atoms with E-state index in [0.29, 0.717) is 11.4 Å². The molecule has 0 heterocycles. The second kappa shape index (κ2) is 9.28.